The minimum absolute atomic E-state index is 0.0711. The summed E-state index contributed by atoms with van der Waals surface area (Å²) in [4.78, 5) is 0. The van der Waals surface area contributed by atoms with E-state index in [0.717, 1.165) is 24.3 Å². The van der Waals surface area contributed by atoms with Gasteiger partial charge >= 0.3 is 0 Å². The van der Waals surface area contributed by atoms with Crippen LogP contribution in [0.5, 0.6) is 0 Å². The first-order chi connectivity index (χ1) is 9.38. The van der Waals surface area contributed by atoms with Crippen molar-refractivity contribution in [1.82, 2.24) is 0 Å². The predicted molar refractivity (Wildman–Crippen MR) is 64.7 cm³/mol. The van der Waals surface area contributed by atoms with Crippen LogP contribution >= 0.6 is 0 Å². The number of halogens is 5. The summed E-state index contributed by atoms with van der Waals surface area (Å²) in [5, 5.41) is 2.50. The molecule has 0 saturated carbocycles. The Bertz CT molecular complexity index is 631. The van der Waals surface area contributed by atoms with Gasteiger partial charge in [0.05, 0.1) is 5.69 Å². The SMILES string of the molecule is Cc1cc(F)c(NCc2cc(F)c(F)c(F)c2)cc1F. The molecule has 2 rings (SSSR count). The lowest BCUT2D eigenvalue weighted by molar-refractivity contribution is 0.445. The minimum atomic E-state index is -1.57. The van der Waals surface area contributed by atoms with Crippen LogP contribution in [0.4, 0.5) is 27.6 Å². The number of anilines is 1. The maximum Gasteiger partial charge on any atom is 0.194 e. The first kappa shape index (κ1) is 14.3. The van der Waals surface area contributed by atoms with Gasteiger partial charge in [0.25, 0.3) is 0 Å². The summed E-state index contributed by atoms with van der Waals surface area (Å²) in [7, 11) is 0. The maximum atomic E-state index is 13.5. The summed E-state index contributed by atoms with van der Waals surface area (Å²) in [5.41, 5.74) is 0.0759. The van der Waals surface area contributed by atoms with E-state index in [1.54, 1.807) is 0 Å². The molecule has 0 aliphatic heterocycles. The number of aryl methyl sites for hydroxylation is 1. The topological polar surface area (TPSA) is 12.0 Å². The van der Waals surface area contributed by atoms with E-state index in [0.29, 0.717) is 0 Å². The fraction of sp³-hybridized carbons (Fsp3) is 0.143. The molecule has 0 amide bonds. The monoisotopic (exact) mass is 287 g/mol. The third kappa shape index (κ3) is 2.89. The Morgan fingerprint density at radius 3 is 2.00 bits per heavy atom. The Hall–Kier alpha value is -2.11. The minimum Gasteiger partial charge on any atom is -0.379 e. The zero-order valence-corrected chi connectivity index (χ0v) is 10.4. The van der Waals surface area contributed by atoms with E-state index in [-0.39, 0.29) is 23.4 Å². The Morgan fingerprint density at radius 2 is 1.40 bits per heavy atom. The van der Waals surface area contributed by atoms with E-state index in [2.05, 4.69) is 5.32 Å². The van der Waals surface area contributed by atoms with Gasteiger partial charge in [0.15, 0.2) is 17.5 Å². The van der Waals surface area contributed by atoms with E-state index in [9.17, 15) is 22.0 Å². The molecule has 0 radical (unpaired) electrons. The first-order valence-electron chi connectivity index (χ1n) is 5.71. The summed E-state index contributed by atoms with van der Waals surface area (Å²) in [6.07, 6.45) is 0. The molecule has 0 aliphatic rings. The highest BCUT2D eigenvalue weighted by atomic mass is 19.2. The number of nitrogens with one attached hydrogen (secondary N) is 1. The molecule has 20 heavy (non-hydrogen) atoms. The van der Waals surface area contributed by atoms with Crippen LogP contribution in [0.15, 0.2) is 24.3 Å². The summed E-state index contributed by atoms with van der Waals surface area (Å²) >= 11 is 0. The lowest BCUT2D eigenvalue weighted by Gasteiger charge is -2.09. The quantitative estimate of drug-likeness (QED) is 0.655. The van der Waals surface area contributed by atoms with Gasteiger partial charge in [-0.25, -0.2) is 22.0 Å². The zero-order valence-electron chi connectivity index (χ0n) is 10.4. The molecule has 6 heteroatoms. The van der Waals surface area contributed by atoms with Crippen LogP contribution in [0.25, 0.3) is 0 Å². The molecule has 106 valence electrons. The van der Waals surface area contributed by atoms with Gasteiger partial charge in [0, 0.05) is 12.6 Å². The highest BCUT2D eigenvalue weighted by Gasteiger charge is 2.11. The normalized spacial score (nSPS) is 10.7. The van der Waals surface area contributed by atoms with Crippen molar-refractivity contribution in [3.63, 3.8) is 0 Å². The highest BCUT2D eigenvalue weighted by Crippen LogP contribution is 2.20. The van der Waals surface area contributed by atoms with Gasteiger partial charge < -0.3 is 5.32 Å². The molecule has 1 nitrogen and oxygen atoms in total. The molecule has 0 aliphatic carbocycles. The molecule has 2 aromatic rings. The van der Waals surface area contributed by atoms with Crippen LogP contribution < -0.4 is 5.32 Å². The molecule has 0 saturated heterocycles. The second kappa shape index (κ2) is 5.48. The second-order valence-corrected chi connectivity index (χ2v) is 4.31. The number of hydrogen-bond donors (Lipinski definition) is 1. The fourth-order valence-electron chi connectivity index (χ4n) is 1.69. The summed E-state index contributed by atoms with van der Waals surface area (Å²) in [6, 6.07) is 3.52. The van der Waals surface area contributed by atoms with Gasteiger partial charge in [-0.05, 0) is 36.2 Å². The number of rotatable bonds is 3. The van der Waals surface area contributed by atoms with Crippen molar-refractivity contribution in [3.8, 4) is 0 Å². The van der Waals surface area contributed by atoms with Crippen LogP contribution in [0.3, 0.4) is 0 Å². The van der Waals surface area contributed by atoms with Crippen molar-refractivity contribution < 1.29 is 22.0 Å². The smallest absolute Gasteiger partial charge is 0.194 e. The number of benzene rings is 2. The summed E-state index contributed by atoms with van der Waals surface area (Å²) in [6.45, 7) is 1.24. The van der Waals surface area contributed by atoms with Crippen molar-refractivity contribution in [3.05, 3.63) is 64.5 Å². The average molecular weight is 287 g/mol. The predicted octanol–water partition coefficient (Wildman–Crippen LogP) is 4.30. The average Bonchev–Trinajstić information content (AvgIpc) is 2.38. The van der Waals surface area contributed by atoms with E-state index in [4.69, 9.17) is 0 Å². The molecule has 0 aromatic heterocycles. The Morgan fingerprint density at radius 1 is 0.800 bits per heavy atom. The third-order valence-electron chi connectivity index (χ3n) is 2.77. The van der Waals surface area contributed by atoms with Crippen molar-refractivity contribution in [2.75, 3.05) is 5.32 Å². The lowest BCUT2D eigenvalue weighted by atomic mass is 10.1. The largest absolute Gasteiger partial charge is 0.379 e. The molecule has 2 aromatic carbocycles. The van der Waals surface area contributed by atoms with Gasteiger partial charge in [-0.15, -0.1) is 0 Å². The van der Waals surface area contributed by atoms with E-state index >= 15 is 0 Å². The van der Waals surface area contributed by atoms with Gasteiger partial charge in [0.2, 0.25) is 0 Å². The van der Waals surface area contributed by atoms with Crippen molar-refractivity contribution in [2.45, 2.75) is 13.5 Å². The zero-order chi connectivity index (χ0) is 14.9. The van der Waals surface area contributed by atoms with E-state index < -0.39 is 29.1 Å². The van der Waals surface area contributed by atoms with Gasteiger partial charge in [-0.1, -0.05) is 0 Å². The third-order valence-corrected chi connectivity index (χ3v) is 2.77. The molecule has 0 atom stereocenters. The van der Waals surface area contributed by atoms with E-state index in [1.807, 2.05) is 0 Å². The molecular weight excluding hydrogens is 277 g/mol. The van der Waals surface area contributed by atoms with Crippen LogP contribution in [-0.4, -0.2) is 0 Å². The van der Waals surface area contributed by atoms with E-state index in [1.165, 1.54) is 6.92 Å². The standard InChI is InChI=1S/C14H10F5N/c1-7-2-10(16)13(5-9(7)15)20-6-8-3-11(17)14(19)12(18)4-8/h2-5,20H,6H2,1H3. The van der Waals surface area contributed by atoms with Crippen LogP contribution in [-0.2, 0) is 6.54 Å². The molecule has 0 heterocycles. The maximum absolute atomic E-state index is 13.5. The second-order valence-electron chi connectivity index (χ2n) is 4.31. The van der Waals surface area contributed by atoms with Gasteiger partial charge in [-0.2, -0.15) is 0 Å². The summed E-state index contributed by atoms with van der Waals surface area (Å²) in [5.74, 6) is -5.53. The first-order valence-corrected chi connectivity index (χ1v) is 5.71. The van der Waals surface area contributed by atoms with Crippen molar-refractivity contribution in [2.24, 2.45) is 0 Å². The molecule has 0 fully saturated rings. The van der Waals surface area contributed by atoms with Crippen LogP contribution in [0, 0.1) is 36.0 Å². The Kier molecular flexibility index (Phi) is 3.92. The molecule has 0 bridgehead atoms. The van der Waals surface area contributed by atoms with Gasteiger partial charge in [-0.3, -0.25) is 0 Å². The van der Waals surface area contributed by atoms with Gasteiger partial charge in [0.1, 0.15) is 11.6 Å². The highest BCUT2D eigenvalue weighted by molar-refractivity contribution is 5.47. The lowest BCUT2D eigenvalue weighted by Crippen LogP contribution is -2.04. The number of hydrogen-bond acceptors (Lipinski definition) is 1. The Balaban J connectivity index is 2.19. The molecule has 1 N–H and O–H groups in total. The summed E-state index contributed by atoms with van der Waals surface area (Å²) < 4.78 is 65.5. The fourth-order valence-corrected chi connectivity index (χ4v) is 1.69. The van der Waals surface area contributed by atoms with Crippen LogP contribution in [0.2, 0.25) is 0 Å². The molecule has 0 spiro atoms. The Labute approximate surface area is 112 Å². The molecular formula is C14H10F5N. The van der Waals surface area contributed by atoms with Crippen LogP contribution in [0.1, 0.15) is 11.1 Å². The van der Waals surface area contributed by atoms with Crippen molar-refractivity contribution >= 4 is 5.69 Å². The molecule has 0 unspecified atom stereocenters. The van der Waals surface area contributed by atoms with Crippen molar-refractivity contribution in [1.29, 1.82) is 0 Å².